The minimum Gasteiger partial charge on any atom is -0.399 e. The molecule has 1 saturated carbocycles. The van der Waals surface area contributed by atoms with Crippen molar-refractivity contribution in [2.24, 2.45) is 0 Å². The van der Waals surface area contributed by atoms with E-state index in [0.29, 0.717) is 6.04 Å². The van der Waals surface area contributed by atoms with Crippen molar-refractivity contribution in [3.05, 3.63) is 24.5 Å². The van der Waals surface area contributed by atoms with Gasteiger partial charge in [-0.3, -0.25) is 0 Å². The smallest absolute Gasteiger partial charge is 0.139 e. The monoisotopic (exact) mass is 270 g/mol. The Labute approximate surface area is 120 Å². The molecule has 1 aliphatic rings. The largest absolute Gasteiger partial charge is 0.399 e. The van der Waals surface area contributed by atoms with Crippen LogP contribution in [0.1, 0.15) is 38.5 Å². The van der Waals surface area contributed by atoms with Crippen LogP contribution in [0.4, 0.5) is 11.5 Å². The van der Waals surface area contributed by atoms with E-state index in [1.54, 1.807) is 6.33 Å². The summed E-state index contributed by atoms with van der Waals surface area (Å²) in [6.45, 7) is 0. The lowest BCUT2D eigenvalue weighted by Gasteiger charge is -2.29. The number of fused-ring (bicyclic) bond motifs is 1. The molecule has 2 aromatic rings. The molecule has 0 spiro atoms. The number of anilines is 2. The summed E-state index contributed by atoms with van der Waals surface area (Å²) in [5.74, 6) is 1.03. The van der Waals surface area contributed by atoms with E-state index in [1.807, 2.05) is 18.2 Å². The first kappa shape index (κ1) is 13.2. The summed E-state index contributed by atoms with van der Waals surface area (Å²) < 4.78 is 0. The van der Waals surface area contributed by atoms with Gasteiger partial charge in [0.15, 0.2) is 0 Å². The summed E-state index contributed by atoms with van der Waals surface area (Å²) in [6, 6.07) is 6.47. The van der Waals surface area contributed by atoms with Crippen molar-refractivity contribution in [2.75, 3.05) is 17.7 Å². The number of nitrogens with two attached hydrogens (primary N) is 1. The van der Waals surface area contributed by atoms with Crippen LogP contribution < -0.4 is 10.6 Å². The maximum Gasteiger partial charge on any atom is 0.139 e. The van der Waals surface area contributed by atoms with Crippen molar-refractivity contribution >= 4 is 22.4 Å². The van der Waals surface area contributed by atoms with Gasteiger partial charge >= 0.3 is 0 Å². The molecule has 1 aliphatic carbocycles. The molecule has 0 atom stereocenters. The highest BCUT2D eigenvalue weighted by Gasteiger charge is 2.19. The Morgan fingerprint density at radius 3 is 2.60 bits per heavy atom. The number of hydrogen-bond donors (Lipinski definition) is 1. The van der Waals surface area contributed by atoms with Crippen LogP contribution in [0.15, 0.2) is 24.5 Å². The van der Waals surface area contributed by atoms with Gasteiger partial charge in [-0.25, -0.2) is 9.97 Å². The zero-order valence-corrected chi connectivity index (χ0v) is 12.0. The summed E-state index contributed by atoms with van der Waals surface area (Å²) in [4.78, 5) is 11.2. The van der Waals surface area contributed by atoms with Gasteiger partial charge < -0.3 is 10.6 Å². The first-order valence-corrected chi connectivity index (χ1v) is 7.49. The summed E-state index contributed by atoms with van der Waals surface area (Å²) in [5.41, 5.74) is 7.52. The average molecular weight is 270 g/mol. The maximum absolute atomic E-state index is 5.84. The molecular weight excluding hydrogens is 248 g/mol. The Balaban J connectivity index is 1.96. The molecule has 20 heavy (non-hydrogen) atoms. The van der Waals surface area contributed by atoms with E-state index >= 15 is 0 Å². The minimum atomic E-state index is 0.591. The van der Waals surface area contributed by atoms with Crippen LogP contribution in [-0.4, -0.2) is 23.1 Å². The summed E-state index contributed by atoms with van der Waals surface area (Å²) in [6.07, 6.45) is 9.55. The topological polar surface area (TPSA) is 55.0 Å². The molecule has 1 aromatic heterocycles. The quantitative estimate of drug-likeness (QED) is 0.671. The van der Waals surface area contributed by atoms with Gasteiger partial charge in [-0.2, -0.15) is 0 Å². The van der Waals surface area contributed by atoms with Gasteiger partial charge in [0.2, 0.25) is 0 Å². The number of rotatable bonds is 2. The van der Waals surface area contributed by atoms with Gasteiger partial charge in [0, 0.05) is 24.2 Å². The lowest BCUT2D eigenvalue weighted by molar-refractivity contribution is 0.550. The van der Waals surface area contributed by atoms with Crippen LogP contribution in [0.2, 0.25) is 0 Å². The first-order chi connectivity index (χ1) is 9.75. The molecule has 0 aliphatic heterocycles. The molecule has 1 heterocycles. The number of hydrogen-bond acceptors (Lipinski definition) is 4. The summed E-state index contributed by atoms with van der Waals surface area (Å²) >= 11 is 0. The molecule has 1 aromatic carbocycles. The van der Waals surface area contributed by atoms with Crippen molar-refractivity contribution in [1.82, 2.24) is 9.97 Å². The normalized spacial score (nSPS) is 17.1. The SMILES string of the molecule is CN(c1ncnc2cc(N)ccc12)C1CCCCCC1. The Hall–Kier alpha value is -1.84. The number of nitrogens with zero attached hydrogens (tertiary/aromatic N) is 3. The number of benzene rings is 1. The Bertz CT molecular complexity index is 588. The molecule has 0 amide bonds. The predicted molar refractivity (Wildman–Crippen MR) is 83.8 cm³/mol. The Morgan fingerprint density at radius 2 is 1.85 bits per heavy atom. The molecule has 0 unspecified atom stereocenters. The van der Waals surface area contributed by atoms with E-state index in [2.05, 4.69) is 21.9 Å². The van der Waals surface area contributed by atoms with Gasteiger partial charge in [-0.05, 0) is 31.0 Å². The highest BCUT2D eigenvalue weighted by atomic mass is 15.2. The van der Waals surface area contributed by atoms with Crippen molar-refractivity contribution in [3.8, 4) is 0 Å². The lowest BCUT2D eigenvalue weighted by atomic mass is 10.1. The zero-order valence-electron chi connectivity index (χ0n) is 12.0. The molecule has 0 bridgehead atoms. The van der Waals surface area contributed by atoms with Crippen LogP contribution in [0, 0.1) is 0 Å². The van der Waals surface area contributed by atoms with Crippen LogP contribution in [0.25, 0.3) is 10.9 Å². The fraction of sp³-hybridized carbons (Fsp3) is 0.500. The number of nitrogen functional groups attached to an aromatic ring is 1. The molecule has 4 heteroatoms. The molecule has 106 valence electrons. The molecule has 0 radical (unpaired) electrons. The van der Waals surface area contributed by atoms with Gasteiger partial charge in [0.05, 0.1) is 5.52 Å². The van der Waals surface area contributed by atoms with E-state index in [4.69, 9.17) is 5.73 Å². The van der Waals surface area contributed by atoms with Gasteiger partial charge in [-0.15, -0.1) is 0 Å². The lowest BCUT2D eigenvalue weighted by Crippen LogP contribution is -2.32. The van der Waals surface area contributed by atoms with Crippen molar-refractivity contribution in [3.63, 3.8) is 0 Å². The third kappa shape index (κ3) is 2.55. The third-order valence-electron chi connectivity index (χ3n) is 4.35. The van der Waals surface area contributed by atoms with E-state index in [1.165, 1.54) is 38.5 Å². The number of aromatic nitrogens is 2. The van der Waals surface area contributed by atoms with Gasteiger partial charge in [-0.1, -0.05) is 25.7 Å². The second kappa shape index (κ2) is 5.65. The highest BCUT2D eigenvalue weighted by Crippen LogP contribution is 2.29. The van der Waals surface area contributed by atoms with Gasteiger partial charge in [0.25, 0.3) is 0 Å². The molecule has 0 saturated heterocycles. The van der Waals surface area contributed by atoms with Crippen molar-refractivity contribution in [2.45, 2.75) is 44.6 Å². The Kier molecular flexibility index (Phi) is 3.72. The van der Waals surface area contributed by atoms with E-state index in [-0.39, 0.29) is 0 Å². The van der Waals surface area contributed by atoms with E-state index < -0.39 is 0 Å². The second-order valence-electron chi connectivity index (χ2n) is 5.73. The second-order valence-corrected chi connectivity index (χ2v) is 5.73. The minimum absolute atomic E-state index is 0.591. The predicted octanol–water partition coefficient (Wildman–Crippen LogP) is 3.37. The maximum atomic E-state index is 5.84. The standard InChI is InChI=1S/C16H22N4/c1-20(13-6-4-2-3-5-7-13)16-14-9-8-12(17)10-15(14)18-11-19-16/h8-11,13H,2-7,17H2,1H3. The van der Waals surface area contributed by atoms with Crippen molar-refractivity contribution < 1.29 is 0 Å². The van der Waals surface area contributed by atoms with E-state index in [0.717, 1.165) is 22.4 Å². The van der Waals surface area contributed by atoms with Crippen LogP contribution in [0.3, 0.4) is 0 Å². The third-order valence-corrected chi connectivity index (χ3v) is 4.35. The Morgan fingerprint density at radius 1 is 1.10 bits per heavy atom. The van der Waals surface area contributed by atoms with Crippen molar-refractivity contribution in [1.29, 1.82) is 0 Å². The highest BCUT2D eigenvalue weighted by molar-refractivity contribution is 5.91. The van der Waals surface area contributed by atoms with Crippen LogP contribution in [-0.2, 0) is 0 Å². The van der Waals surface area contributed by atoms with E-state index in [9.17, 15) is 0 Å². The molecule has 1 fully saturated rings. The summed E-state index contributed by atoms with van der Waals surface area (Å²) in [7, 11) is 2.16. The van der Waals surface area contributed by atoms with Crippen LogP contribution in [0.5, 0.6) is 0 Å². The fourth-order valence-corrected chi connectivity index (χ4v) is 3.16. The van der Waals surface area contributed by atoms with Gasteiger partial charge in [0.1, 0.15) is 12.1 Å². The molecule has 3 rings (SSSR count). The molecule has 4 nitrogen and oxygen atoms in total. The zero-order chi connectivity index (χ0) is 13.9. The average Bonchev–Trinajstić information content (AvgIpc) is 2.74. The summed E-state index contributed by atoms with van der Waals surface area (Å²) in [5, 5.41) is 1.09. The molecule has 2 N–H and O–H groups in total. The first-order valence-electron chi connectivity index (χ1n) is 7.49. The van der Waals surface area contributed by atoms with Crippen LogP contribution >= 0.6 is 0 Å². The fourth-order valence-electron chi connectivity index (χ4n) is 3.16. The molecular formula is C16H22N4.